The van der Waals surface area contributed by atoms with Gasteiger partial charge in [-0.3, -0.25) is 4.57 Å². The molecular formula is C59H36N2. The summed E-state index contributed by atoms with van der Waals surface area (Å²) in [5.41, 5.74) is 11.5. The molecule has 2 nitrogen and oxygen atoms in total. The van der Waals surface area contributed by atoms with Crippen molar-refractivity contribution in [1.82, 2.24) is 9.55 Å². The van der Waals surface area contributed by atoms with Gasteiger partial charge in [0, 0.05) is 11.3 Å². The largest absolute Gasteiger partial charge is 0.292 e. The van der Waals surface area contributed by atoms with E-state index < -0.39 is 0 Å². The van der Waals surface area contributed by atoms with Gasteiger partial charge in [-0.15, -0.1) is 0 Å². The van der Waals surface area contributed by atoms with Crippen LogP contribution in [0.5, 0.6) is 0 Å². The Morgan fingerprint density at radius 2 is 0.820 bits per heavy atom. The van der Waals surface area contributed by atoms with Crippen LogP contribution in [0.2, 0.25) is 0 Å². The molecule has 0 aliphatic rings. The van der Waals surface area contributed by atoms with Crippen LogP contribution in [-0.2, 0) is 0 Å². The highest BCUT2D eigenvalue weighted by Crippen LogP contribution is 2.45. The Morgan fingerprint density at radius 3 is 1.52 bits per heavy atom. The second kappa shape index (κ2) is 13.2. The molecule has 1 heterocycles. The van der Waals surface area contributed by atoms with E-state index in [1.165, 1.54) is 92.5 Å². The SMILES string of the molecule is c1ccc(-n2c(-c3ccc(-c4ccc5ccc6cccc7ccc4c5c67)cc3)nc3cc(-c4c5ccccc5c(-c5ccc6ccccc6c5)c5ccccc45)ccc32)cc1. The zero-order valence-corrected chi connectivity index (χ0v) is 33.2. The van der Waals surface area contributed by atoms with Crippen LogP contribution < -0.4 is 0 Å². The lowest BCUT2D eigenvalue weighted by Gasteiger charge is -2.18. The van der Waals surface area contributed by atoms with Gasteiger partial charge in [-0.05, 0) is 128 Å². The Morgan fingerprint density at radius 1 is 0.311 bits per heavy atom. The van der Waals surface area contributed by atoms with Crippen molar-refractivity contribution in [3.8, 4) is 50.5 Å². The molecule has 0 atom stereocenters. The van der Waals surface area contributed by atoms with Gasteiger partial charge >= 0.3 is 0 Å². The number of hydrogen-bond donors (Lipinski definition) is 0. The van der Waals surface area contributed by atoms with Crippen molar-refractivity contribution in [2.45, 2.75) is 0 Å². The summed E-state index contributed by atoms with van der Waals surface area (Å²) in [4.78, 5) is 5.47. The molecule has 0 spiro atoms. The molecule has 0 amide bonds. The van der Waals surface area contributed by atoms with Crippen molar-refractivity contribution in [2.24, 2.45) is 0 Å². The Bertz CT molecular complexity index is 3780. The first-order valence-electron chi connectivity index (χ1n) is 21.0. The summed E-state index contributed by atoms with van der Waals surface area (Å²) >= 11 is 0. The van der Waals surface area contributed by atoms with Crippen molar-refractivity contribution < 1.29 is 0 Å². The number of imidazole rings is 1. The predicted molar refractivity (Wildman–Crippen MR) is 259 cm³/mol. The maximum Gasteiger partial charge on any atom is 0.145 e. The van der Waals surface area contributed by atoms with Gasteiger partial charge in [0.1, 0.15) is 5.82 Å². The van der Waals surface area contributed by atoms with Gasteiger partial charge in [0.15, 0.2) is 0 Å². The zero-order valence-electron chi connectivity index (χ0n) is 33.2. The molecule has 0 aliphatic heterocycles. The number of hydrogen-bond acceptors (Lipinski definition) is 1. The van der Waals surface area contributed by atoms with Gasteiger partial charge < -0.3 is 0 Å². The number of aromatic nitrogens is 2. The molecule has 0 aliphatic carbocycles. The van der Waals surface area contributed by atoms with Crippen LogP contribution >= 0.6 is 0 Å². The van der Waals surface area contributed by atoms with Crippen LogP contribution in [0, 0.1) is 0 Å². The highest BCUT2D eigenvalue weighted by Gasteiger charge is 2.20. The third kappa shape index (κ3) is 5.19. The second-order valence-corrected chi connectivity index (χ2v) is 16.3. The number of nitrogens with zero attached hydrogens (tertiary/aromatic N) is 2. The number of benzene rings is 12. The minimum absolute atomic E-state index is 0.918. The van der Waals surface area contributed by atoms with Crippen LogP contribution in [0.25, 0.3) is 126 Å². The fourth-order valence-corrected chi connectivity index (χ4v) is 10.1. The zero-order chi connectivity index (χ0) is 40.0. The highest BCUT2D eigenvalue weighted by molar-refractivity contribution is 6.26. The van der Waals surface area contributed by atoms with E-state index in [0.29, 0.717) is 0 Å². The smallest absolute Gasteiger partial charge is 0.145 e. The molecule has 0 saturated heterocycles. The first-order chi connectivity index (χ1) is 30.2. The molecular weight excluding hydrogens is 737 g/mol. The molecule has 13 aromatic rings. The van der Waals surface area contributed by atoms with Gasteiger partial charge in [0.2, 0.25) is 0 Å². The first-order valence-corrected chi connectivity index (χ1v) is 21.0. The minimum atomic E-state index is 0.918. The van der Waals surface area contributed by atoms with E-state index in [1.54, 1.807) is 0 Å². The van der Waals surface area contributed by atoms with Gasteiger partial charge in [0.05, 0.1) is 11.0 Å². The normalized spacial score (nSPS) is 11.9. The van der Waals surface area contributed by atoms with E-state index in [2.05, 4.69) is 223 Å². The van der Waals surface area contributed by atoms with Gasteiger partial charge in [0.25, 0.3) is 0 Å². The molecule has 0 unspecified atom stereocenters. The molecule has 1 aromatic heterocycles. The maximum atomic E-state index is 5.47. The molecule has 0 fully saturated rings. The van der Waals surface area contributed by atoms with Gasteiger partial charge in [-0.2, -0.15) is 0 Å². The summed E-state index contributed by atoms with van der Waals surface area (Å²) in [6.07, 6.45) is 0. The Balaban J connectivity index is 0.976. The topological polar surface area (TPSA) is 17.8 Å². The molecule has 0 bridgehead atoms. The second-order valence-electron chi connectivity index (χ2n) is 16.3. The fraction of sp³-hybridized carbons (Fsp3) is 0. The third-order valence-corrected chi connectivity index (χ3v) is 12.9. The first kappa shape index (κ1) is 33.9. The van der Waals surface area contributed by atoms with E-state index in [9.17, 15) is 0 Å². The molecule has 282 valence electrons. The quantitative estimate of drug-likeness (QED) is 0.126. The average molecular weight is 773 g/mol. The third-order valence-electron chi connectivity index (χ3n) is 12.9. The maximum absolute atomic E-state index is 5.47. The van der Waals surface area contributed by atoms with Crippen LogP contribution in [0.4, 0.5) is 0 Å². The number of fused-ring (bicyclic) bond motifs is 4. The Hall–Kier alpha value is -8.07. The van der Waals surface area contributed by atoms with E-state index in [1.807, 2.05) is 0 Å². The van der Waals surface area contributed by atoms with Gasteiger partial charge in [-0.25, -0.2) is 4.98 Å². The predicted octanol–water partition coefficient (Wildman–Crippen LogP) is 16.1. The van der Waals surface area contributed by atoms with Crippen LogP contribution in [0.3, 0.4) is 0 Å². The average Bonchev–Trinajstić information content (AvgIpc) is 3.71. The Kier molecular flexibility index (Phi) is 7.34. The monoisotopic (exact) mass is 772 g/mol. The van der Waals surface area contributed by atoms with Crippen molar-refractivity contribution in [3.05, 3.63) is 218 Å². The van der Waals surface area contributed by atoms with E-state index >= 15 is 0 Å². The van der Waals surface area contributed by atoms with Crippen LogP contribution in [-0.4, -0.2) is 9.55 Å². The molecule has 0 saturated carbocycles. The van der Waals surface area contributed by atoms with E-state index in [4.69, 9.17) is 4.98 Å². The lowest BCUT2D eigenvalue weighted by atomic mass is 9.85. The summed E-state index contributed by atoms with van der Waals surface area (Å²) in [5.74, 6) is 0.918. The van der Waals surface area contributed by atoms with Crippen molar-refractivity contribution in [1.29, 1.82) is 0 Å². The summed E-state index contributed by atoms with van der Waals surface area (Å²) in [7, 11) is 0. The van der Waals surface area contributed by atoms with Crippen molar-refractivity contribution in [3.63, 3.8) is 0 Å². The van der Waals surface area contributed by atoms with Crippen molar-refractivity contribution in [2.75, 3.05) is 0 Å². The molecule has 61 heavy (non-hydrogen) atoms. The summed E-state index contributed by atoms with van der Waals surface area (Å²) < 4.78 is 2.31. The molecule has 2 heteroatoms. The molecule has 13 rings (SSSR count). The highest BCUT2D eigenvalue weighted by atomic mass is 15.1. The number of rotatable bonds is 5. The number of para-hydroxylation sites is 1. The van der Waals surface area contributed by atoms with Gasteiger partial charge in [-0.1, -0.05) is 188 Å². The molecule has 0 N–H and O–H groups in total. The summed E-state index contributed by atoms with van der Waals surface area (Å²) in [5, 5.41) is 15.2. The van der Waals surface area contributed by atoms with Crippen LogP contribution in [0.15, 0.2) is 218 Å². The lowest BCUT2D eigenvalue weighted by molar-refractivity contribution is 1.10. The Labute approximate surface area is 352 Å². The minimum Gasteiger partial charge on any atom is -0.292 e. The fourth-order valence-electron chi connectivity index (χ4n) is 10.1. The van der Waals surface area contributed by atoms with Crippen LogP contribution in [0.1, 0.15) is 0 Å². The molecule has 0 radical (unpaired) electrons. The van der Waals surface area contributed by atoms with E-state index in [0.717, 1.165) is 33.7 Å². The summed E-state index contributed by atoms with van der Waals surface area (Å²) in [6, 6.07) is 79.9. The summed E-state index contributed by atoms with van der Waals surface area (Å²) in [6.45, 7) is 0. The standard InChI is InChI=1S/C59H36N2/c1-2-15-46(16-3-1)61-54-34-31-45(57-50-19-8-6-17-48(50)56(49-18-7-9-20-51(49)57)44-28-21-37-11-4-5-12-43(37)35-44)36-53(54)60-59(61)42-26-22-38(23-27-42)47-32-29-41-25-24-39-13-10-14-40-30-33-52(47)58(41)55(39)40/h1-36H. The molecule has 12 aromatic carbocycles. The van der Waals surface area contributed by atoms with E-state index in [-0.39, 0.29) is 0 Å². The van der Waals surface area contributed by atoms with Crippen molar-refractivity contribution >= 4 is 75.7 Å². The lowest BCUT2D eigenvalue weighted by Crippen LogP contribution is -1.97.